The van der Waals surface area contributed by atoms with Gasteiger partial charge < -0.3 is 14.6 Å². The molecule has 0 fully saturated rings. The summed E-state index contributed by atoms with van der Waals surface area (Å²) in [6, 6.07) is 7.54. The lowest BCUT2D eigenvalue weighted by atomic mass is 10.0. The lowest BCUT2D eigenvalue weighted by Crippen LogP contribution is -2.32. The summed E-state index contributed by atoms with van der Waals surface area (Å²) >= 11 is 12.4. The van der Waals surface area contributed by atoms with Crippen LogP contribution in [-0.2, 0) is 0 Å². The fourth-order valence-electron chi connectivity index (χ4n) is 2.21. The maximum Gasteiger partial charge on any atom is 0.170 e. The van der Waals surface area contributed by atoms with Crippen molar-refractivity contribution in [1.29, 1.82) is 0 Å². The van der Waals surface area contributed by atoms with Gasteiger partial charge in [0.25, 0.3) is 0 Å². The van der Waals surface area contributed by atoms with Crippen LogP contribution in [0.25, 0.3) is 11.1 Å². The summed E-state index contributed by atoms with van der Waals surface area (Å²) in [5.41, 5.74) is 0.873. The van der Waals surface area contributed by atoms with Gasteiger partial charge in [-0.25, -0.2) is 4.39 Å². The van der Waals surface area contributed by atoms with Crippen molar-refractivity contribution in [3.63, 3.8) is 0 Å². The first-order valence-electron chi connectivity index (χ1n) is 6.28. The fraction of sp³-hybridized carbons (Fsp3) is 0.200. The number of hydrogen-bond donors (Lipinski definition) is 1. The Bertz CT molecular complexity index is 671. The monoisotopic (exact) mass is 328 g/mol. The Hall–Kier alpha value is -1.49. The molecular formula is C15H11Cl2FO3. The van der Waals surface area contributed by atoms with E-state index in [1.807, 2.05) is 0 Å². The van der Waals surface area contributed by atoms with Crippen molar-refractivity contribution >= 4 is 23.2 Å². The number of ether oxygens (including phenoxy) is 2. The van der Waals surface area contributed by atoms with Crippen molar-refractivity contribution in [3.05, 3.63) is 46.2 Å². The molecule has 0 unspecified atom stereocenters. The predicted molar refractivity (Wildman–Crippen MR) is 78.9 cm³/mol. The Labute approximate surface area is 130 Å². The zero-order chi connectivity index (χ0) is 15.0. The molecule has 0 radical (unpaired) electrons. The number of benzene rings is 2. The lowest BCUT2D eigenvalue weighted by molar-refractivity contribution is 0.0459. The highest BCUT2D eigenvalue weighted by molar-refractivity contribution is 6.39. The van der Waals surface area contributed by atoms with E-state index in [9.17, 15) is 9.50 Å². The van der Waals surface area contributed by atoms with Crippen LogP contribution in [0.2, 0.25) is 10.0 Å². The van der Waals surface area contributed by atoms with E-state index >= 15 is 0 Å². The molecule has 1 N–H and O–H groups in total. The minimum atomic E-state index is -0.511. The molecule has 0 saturated carbocycles. The number of aliphatic hydroxyl groups excluding tert-OH is 1. The van der Waals surface area contributed by atoms with Crippen LogP contribution in [0.4, 0.5) is 4.39 Å². The summed E-state index contributed by atoms with van der Waals surface area (Å²) in [6.07, 6.45) is -0.511. The summed E-state index contributed by atoms with van der Waals surface area (Å²) in [6.45, 7) is -0.0465. The average molecular weight is 329 g/mol. The van der Waals surface area contributed by atoms with Gasteiger partial charge in [-0.15, -0.1) is 0 Å². The minimum absolute atomic E-state index is 0.155. The Morgan fingerprint density at radius 2 is 1.95 bits per heavy atom. The van der Waals surface area contributed by atoms with Gasteiger partial charge in [-0.3, -0.25) is 0 Å². The summed E-state index contributed by atoms with van der Waals surface area (Å²) in [7, 11) is 0. The van der Waals surface area contributed by atoms with E-state index in [0.29, 0.717) is 26.9 Å². The van der Waals surface area contributed by atoms with E-state index in [1.165, 1.54) is 12.1 Å². The molecule has 1 heterocycles. The summed E-state index contributed by atoms with van der Waals surface area (Å²) < 4.78 is 24.9. The van der Waals surface area contributed by atoms with Crippen molar-refractivity contribution in [2.24, 2.45) is 0 Å². The van der Waals surface area contributed by atoms with Crippen LogP contribution < -0.4 is 9.47 Å². The molecule has 0 aliphatic carbocycles. The van der Waals surface area contributed by atoms with Crippen LogP contribution in [0, 0.1) is 5.82 Å². The highest BCUT2D eigenvalue weighted by Gasteiger charge is 2.26. The second-order valence-electron chi connectivity index (χ2n) is 4.61. The van der Waals surface area contributed by atoms with E-state index in [2.05, 4.69) is 0 Å². The Morgan fingerprint density at radius 1 is 1.24 bits per heavy atom. The number of halogens is 3. The second kappa shape index (κ2) is 5.72. The van der Waals surface area contributed by atoms with Gasteiger partial charge in [0.05, 0.1) is 16.7 Å². The maximum absolute atomic E-state index is 13.8. The molecule has 1 aliphatic heterocycles. The topological polar surface area (TPSA) is 38.7 Å². The molecule has 0 amide bonds. The molecule has 0 aromatic heterocycles. The Balaban J connectivity index is 2.21. The third-order valence-electron chi connectivity index (χ3n) is 3.16. The van der Waals surface area contributed by atoms with Gasteiger partial charge in [-0.2, -0.15) is 0 Å². The molecule has 2 aromatic rings. The molecule has 0 bridgehead atoms. The molecule has 1 atom stereocenters. The number of aliphatic hydroxyl groups is 1. The molecule has 6 heteroatoms. The van der Waals surface area contributed by atoms with Gasteiger partial charge >= 0.3 is 0 Å². The van der Waals surface area contributed by atoms with Crippen molar-refractivity contribution in [2.45, 2.75) is 6.10 Å². The van der Waals surface area contributed by atoms with Crippen LogP contribution in [0.15, 0.2) is 30.3 Å². The molecule has 1 aliphatic rings. The van der Waals surface area contributed by atoms with E-state index in [0.717, 1.165) is 0 Å². The first-order valence-corrected chi connectivity index (χ1v) is 7.04. The molecule has 3 nitrogen and oxygen atoms in total. The largest absolute Gasteiger partial charge is 0.486 e. The van der Waals surface area contributed by atoms with E-state index in [-0.39, 0.29) is 19.0 Å². The third kappa shape index (κ3) is 2.67. The first-order chi connectivity index (χ1) is 10.1. The lowest BCUT2D eigenvalue weighted by Gasteiger charge is -2.27. The zero-order valence-corrected chi connectivity index (χ0v) is 12.3. The van der Waals surface area contributed by atoms with Gasteiger partial charge in [0.15, 0.2) is 17.6 Å². The zero-order valence-electron chi connectivity index (χ0n) is 10.8. The maximum atomic E-state index is 13.8. The molecular weight excluding hydrogens is 318 g/mol. The standard InChI is InChI=1S/C15H11Cl2FO3/c16-11-2-1-3-12(17)14(11)10-4-8(18)5-13-15(10)21-9(6-19)7-20-13/h1-5,9,19H,6-7H2/t9-/m0/s1. The van der Waals surface area contributed by atoms with Crippen LogP contribution in [0.1, 0.15) is 0 Å². The predicted octanol–water partition coefficient (Wildman–Crippen LogP) is 3.93. The first kappa shape index (κ1) is 14.4. The minimum Gasteiger partial charge on any atom is -0.486 e. The third-order valence-corrected chi connectivity index (χ3v) is 3.79. The second-order valence-corrected chi connectivity index (χ2v) is 5.43. The van der Waals surface area contributed by atoms with Gasteiger partial charge in [-0.1, -0.05) is 29.3 Å². The summed E-state index contributed by atoms with van der Waals surface area (Å²) in [5, 5.41) is 9.97. The van der Waals surface area contributed by atoms with Crippen molar-refractivity contribution in [1.82, 2.24) is 0 Å². The quantitative estimate of drug-likeness (QED) is 0.907. The number of hydrogen-bond acceptors (Lipinski definition) is 3. The van der Waals surface area contributed by atoms with Crippen LogP contribution in [0.3, 0.4) is 0 Å². The van der Waals surface area contributed by atoms with Crippen molar-refractivity contribution < 1.29 is 19.0 Å². The van der Waals surface area contributed by atoms with E-state index in [4.69, 9.17) is 32.7 Å². The van der Waals surface area contributed by atoms with Crippen molar-refractivity contribution in [3.8, 4) is 22.6 Å². The smallest absolute Gasteiger partial charge is 0.170 e. The fourth-order valence-corrected chi connectivity index (χ4v) is 2.81. The van der Waals surface area contributed by atoms with Gasteiger partial charge in [-0.05, 0) is 18.2 Å². The van der Waals surface area contributed by atoms with Gasteiger partial charge in [0, 0.05) is 17.2 Å². The number of rotatable bonds is 2. The molecule has 0 spiro atoms. The van der Waals surface area contributed by atoms with E-state index in [1.54, 1.807) is 18.2 Å². The highest BCUT2D eigenvalue weighted by Crippen LogP contribution is 2.46. The normalized spacial score (nSPS) is 16.9. The van der Waals surface area contributed by atoms with Crippen molar-refractivity contribution in [2.75, 3.05) is 13.2 Å². The number of fused-ring (bicyclic) bond motifs is 1. The molecule has 3 rings (SSSR count). The summed E-state index contributed by atoms with van der Waals surface area (Å²) in [5.74, 6) is 0.119. The van der Waals surface area contributed by atoms with E-state index < -0.39 is 11.9 Å². The molecule has 110 valence electrons. The highest BCUT2D eigenvalue weighted by atomic mass is 35.5. The van der Waals surface area contributed by atoms with Gasteiger partial charge in [0.2, 0.25) is 0 Å². The Kier molecular flexibility index (Phi) is 3.93. The average Bonchev–Trinajstić information content (AvgIpc) is 2.46. The van der Waals surface area contributed by atoms with Crippen LogP contribution in [-0.4, -0.2) is 24.4 Å². The van der Waals surface area contributed by atoms with Gasteiger partial charge in [0.1, 0.15) is 12.4 Å². The Morgan fingerprint density at radius 3 is 2.62 bits per heavy atom. The summed E-state index contributed by atoms with van der Waals surface area (Å²) in [4.78, 5) is 0. The molecule has 2 aromatic carbocycles. The SMILES string of the molecule is OC[C@H]1COc2cc(F)cc(-c3c(Cl)cccc3Cl)c2O1. The molecule has 0 saturated heterocycles. The van der Waals surface area contributed by atoms with Crippen LogP contribution >= 0.6 is 23.2 Å². The van der Waals surface area contributed by atoms with Crippen LogP contribution in [0.5, 0.6) is 11.5 Å². The molecule has 21 heavy (non-hydrogen) atoms.